The molecule has 0 aromatic heterocycles. The van der Waals surface area contributed by atoms with Gasteiger partial charge in [-0.05, 0) is 51.4 Å². The molecule has 2 bridgehead atoms. The lowest BCUT2D eigenvalue weighted by molar-refractivity contribution is -0.154. The number of esters is 1. The zero-order valence-corrected chi connectivity index (χ0v) is 21.4. The van der Waals surface area contributed by atoms with Crippen LogP contribution in [0.1, 0.15) is 67.7 Å². The first-order chi connectivity index (χ1) is 14.8. The summed E-state index contributed by atoms with van der Waals surface area (Å²) < 4.78 is 4.71. The van der Waals surface area contributed by atoms with Crippen LogP contribution in [0.25, 0.3) is 0 Å². The Morgan fingerprint density at radius 3 is 2.50 bits per heavy atom. The minimum absolute atomic E-state index is 0.00382. The van der Waals surface area contributed by atoms with Crippen molar-refractivity contribution in [3.63, 3.8) is 0 Å². The summed E-state index contributed by atoms with van der Waals surface area (Å²) in [6, 6.07) is -0.657. The second-order valence-corrected chi connectivity index (χ2v) is 13.1. The second-order valence-electron chi connectivity index (χ2n) is 11.5. The fraction of sp³-hybridized carbons (Fsp3) is 0.875. The number of aliphatic hydroxyl groups excluding tert-OH is 1. The SMILES string of the molecule is CCOC(=O)[C@@H]1[C@H]2C(=O)N(CCCO)C(C(=O)NC(C)(C)CC(C)(C)C)C23S[C@@H]1CC3C. The number of carbonyl (C=O) groups is 3. The largest absolute Gasteiger partial charge is 0.466 e. The summed E-state index contributed by atoms with van der Waals surface area (Å²) in [5.74, 6) is -1.57. The van der Waals surface area contributed by atoms with E-state index in [1.165, 1.54) is 0 Å². The molecule has 3 heterocycles. The third-order valence-corrected chi connectivity index (χ3v) is 9.12. The van der Waals surface area contributed by atoms with Crippen LogP contribution in [0.3, 0.4) is 0 Å². The van der Waals surface area contributed by atoms with Crippen LogP contribution in [0.5, 0.6) is 0 Å². The summed E-state index contributed by atoms with van der Waals surface area (Å²) in [4.78, 5) is 42.0. The smallest absolute Gasteiger partial charge is 0.310 e. The fourth-order valence-electron chi connectivity index (χ4n) is 6.58. The fourth-order valence-corrected chi connectivity index (χ4v) is 8.99. The van der Waals surface area contributed by atoms with Crippen LogP contribution in [0.2, 0.25) is 0 Å². The van der Waals surface area contributed by atoms with Crippen LogP contribution in [-0.2, 0) is 19.1 Å². The Labute approximate surface area is 196 Å². The molecule has 1 spiro atoms. The van der Waals surface area contributed by atoms with Gasteiger partial charge >= 0.3 is 5.97 Å². The van der Waals surface area contributed by atoms with Gasteiger partial charge in [-0.25, -0.2) is 0 Å². The van der Waals surface area contributed by atoms with Crippen LogP contribution in [-0.4, -0.2) is 69.1 Å². The van der Waals surface area contributed by atoms with Gasteiger partial charge in [-0.2, -0.15) is 0 Å². The maximum atomic E-state index is 13.8. The Balaban J connectivity index is 1.98. The van der Waals surface area contributed by atoms with Crippen LogP contribution < -0.4 is 5.32 Å². The maximum Gasteiger partial charge on any atom is 0.310 e. The van der Waals surface area contributed by atoms with E-state index < -0.39 is 28.2 Å². The van der Waals surface area contributed by atoms with Crippen molar-refractivity contribution >= 4 is 29.5 Å². The Bertz CT molecular complexity index is 764. The first-order valence-corrected chi connectivity index (χ1v) is 12.7. The van der Waals surface area contributed by atoms with Gasteiger partial charge in [0.2, 0.25) is 11.8 Å². The molecule has 32 heavy (non-hydrogen) atoms. The van der Waals surface area contributed by atoms with Crippen LogP contribution in [0, 0.1) is 23.2 Å². The van der Waals surface area contributed by atoms with Crippen LogP contribution in [0.4, 0.5) is 0 Å². The Hall–Kier alpha value is -1.28. The average Bonchev–Trinajstić information content (AvgIpc) is 3.21. The summed E-state index contributed by atoms with van der Waals surface area (Å²) in [7, 11) is 0. The molecule has 3 fully saturated rings. The number of ether oxygens (including phenoxy) is 1. The molecule has 0 saturated carbocycles. The van der Waals surface area contributed by atoms with Gasteiger partial charge in [-0.1, -0.05) is 27.7 Å². The van der Waals surface area contributed by atoms with E-state index in [0.717, 1.165) is 12.8 Å². The van der Waals surface area contributed by atoms with E-state index in [1.807, 2.05) is 13.8 Å². The molecule has 6 atom stereocenters. The molecule has 3 aliphatic heterocycles. The monoisotopic (exact) mass is 468 g/mol. The molecule has 3 unspecified atom stereocenters. The molecule has 0 aromatic rings. The average molecular weight is 469 g/mol. The lowest BCUT2D eigenvalue weighted by atomic mass is 9.66. The van der Waals surface area contributed by atoms with Gasteiger partial charge in [0, 0.05) is 23.9 Å². The zero-order valence-electron chi connectivity index (χ0n) is 20.6. The standard InChI is InChI=1S/C24H40N2O5S/c1-8-31-21(30)16-15-12-14(2)24(32-15)17(16)20(29)26(10-9-11-27)18(24)19(28)25-23(6,7)13-22(3,4)5/h14-18,27H,8-13H2,1-7H3,(H,25,28)/t14?,15-,16+,17+,18?,24?/m1/s1. The van der Waals surface area contributed by atoms with Crippen molar-refractivity contribution in [3.8, 4) is 0 Å². The summed E-state index contributed by atoms with van der Waals surface area (Å²) in [6.45, 7) is 14.9. The molecule has 182 valence electrons. The first-order valence-electron chi connectivity index (χ1n) is 11.9. The van der Waals surface area contributed by atoms with Crippen molar-refractivity contribution in [1.82, 2.24) is 10.2 Å². The normalized spacial score (nSPS) is 34.1. The minimum Gasteiger partial charge on any atom is -0.466 e. The summed E-state index contributed by atoms with van der Waals surface area (Å²) in [5, 5.41) is 12.7. The molecule has 0 aliphatic carbocycles. The number of nitrogens with one attached hydrogen (secondary N) is 1. The van der Waals surface area contributed by atoms with Crippen molar-refractivity contribution in [2.45, 2.75) is 89.3 Å². The number of thioether (sulfide) groups is 1. The van der Waals surface area contributed by atoms with E-state index in [0.29, 0.717) is 13.0 Å². The molecule has 3 saturated heterocycles. The van der Waals surface area contributed by atoms with Crippen molar-refractivity contribution in [1.29, 1.82) is 0 Å². The number of hydrogen-bond acceptors (Lipinski definition) is 6. The van der Waals surface area contributed by atoms with Gasteiger partial charge in [0.15, 0.2) is 0 Å². The van der Waals surface area contributed by atoms with Gasteiger partial charge in [0.25, 0.3) is 0 Å². The number of fused-ring (bicyclic) bond motifs is 1. The Morgan fingerprint density at radius 1 is 1.28 bits per heavy atom. The maximum absolute atomic E-state index is 13.8. The summed E-state index contributed by atoms with van der Waals surface area (Å²) in [5.41, 5.74) is -0.413. The zero-order chi connectivity index (χ0) is 24.1. The van der Waals surface area contributed by atoms with Gasteiger partial charge in [-0.3, -0.25) is 14.4 Å². The molecule has 0 radical (unpaired) electrons. The third-order valence-electron chi connectivity index (χ3n) is 7.04. The lowest BCUT2D eigenvalue weighted by Gasteiger charge is -2.41. The number of rotatable bonds is 8. The highest BCUT2D eigenvalue weighted by atomic mass is 32.2. The van der Waals surface area contributed by atoms with E-state index in [2.05, 4.69) is 33.0 Å². The number of amides is 2. The molecule has 2 N–H and O–H groups in total. The quantitative estimate of drug-likeness (QED) is 0.532. The van der Waals surface area contributed by atoms with Gasteiger partial charge in [0.05, 0.1) is 23.2 Å². The molecular weight excluding hydrogens is 428 g/mol. The molecule has 3 rings (SSSR count). The van der Waals surface area contributed by atoms with Crippen LogP contribution in [0.15, 0.2) is 0 Å². The number of carbonyl (C=O) groups excluding carboxylic acids is 3. The highest BCUT2D eigenvalue weighted by molar-refractivity contribution is 8.02. The van der Waals surface area contributed by atoms with Crippen molar-refractivity contribution in [2.24, 2.45) is 23.2 Å². The van der Waals surface area contributed by atoms with Gasteiger partial charge < -0.3 is 20.1 Å². The molecule has 3 aliphatic rings. The Kier molecular flexibility index (Phi) is 6.99. The molecule has 0 aromatic carbocycles. The van der Waals surface area contributed by atoms with E-state index in [9.17, 15) is 19.5 Å². The number of likely N-dealkylation sites (tertiary alicyclic amines) is 1. The van der Waals surface area contributed by atoms with Gasteiger partial charge in [0.1, 0.15) is 6.04 Å². The molecule has 7 nitrogen and oxygen atoms in total. The number of aliphatic hydroxyl groups is 1. The minimum atomic E-state index is -0.657. The second kappa shape index (κ2) is 8.82. The summed E-state index contributed by atoms with van der Waals surface area (Å²) >= 11 is 1.65. The van der Waals surface area contributed by atoms with E-state index in [1.54, 1.807) is 23.6 Å². The summed E-state index contributed by atoms with van der Waals surface area (Å²) in [6.07, 6.45) is 1.98. The van der Waals surface area contributed by atoms with Crippen molar-refractivity contribution in [3.05, 3.63) is 0 Å². The highest BCUT2D eigenvalue weighted by Gasteiger charge is 2.76. The highest BCUT2D eigenvalue weighted by Crippen LogP contribution is 2.68. The predicted molar refractivity (Wildman–Crippen MR) is 125 cm³/mol. The van der Waals surface area contributed by atoms with E-state index >= 15 is 0 Å². The van der Waals surface area contributed by atoms with Crippen LogP contribution >= 0.6 is 11.8 Å². The number of hydrogen-bond donors (Lipinski definition) is 2. The number of nitrogens with zero attached hydrogens (tertiary/aromatic N) is 1. The van der Waals surface area contributed by atoms with Crippen molar-refractivity contribution < 1.29 is 24.2 Å². The van der Waals surface area contributed by atoms with Gasteiger partial charge in [-0.15, -0.1) is 11.8 Å². The third kappa shape index (κ3) is 4.29. The molecule has 8 heteroatoms. The lowest BCUT2D eigenvalue weighted by Crippen LogP contribution is -2.60. The molecule has 2 amide bonds. The van der Waals surface area contributed by atoms with E-state index in [4.69, 9.17) is 4.74 Å². The van der Waals surface area contributed by atoms with E-state index in [-0.39, 0.29) is 47.6 Å². The first kappa shape index (κ1) is 25.3. The van der Waals surface area contributed by atoms with Crippen molar-refractivity contribution in [2.75, 3.05) is 19.8 Å². The topological polar surface area (TPSA) is 95.9 Å². The predicted octanol–water partition coefficient (Wildman–Crippen LogP) is 2.60. The Morgan fingerprint density at radius 2 is 1.94 bits per heavy atom. The molecular formula is C24H40N2O5S.